The standard InChI is InChI=1S/C27H28ClFN2O5/c1-16-24(17(2)30(4)25(16)27(34)35-5)26(33)18(3)31(14-19-6-10-21(29)11-7-19)23(32)15-36-22-12-8-20(28)9-13-22/h6-13,18H,14-15H2,1-5H3. The Balaban J connectivity index is 1.92. The number of methoxy groups -OCH3 is 1. The first-order chi connectivity index (χ1) is 17.0. The molecule has 3 aromatic rings. The first-order valence-corrected chi connectivity index (χ1v) is 11.6. The molecule has 0 fully saturated rings. The summed E-state index contributed by atoms with van der Waals surface area (Å²) in [6.07, 6.45) is 0. The third-order valence-electron chi connectivity index (χ3n) is 6.17. The first-order valence-electron chi connectivity index (χ1n) is 11.3. The highest BCUT2D eigenvalue weighted by Crippen LogP contribution is 2.25. The summed E-state index contributed by atoms with van der Waals surface area (Å²) in [5.74, 6) is -1.28. The number of hydrogen-bond donors (Lipinski definition) is 0. The number of halogens is 2. The molecule has 1 aromatic heterocycles. The van der Waals surface area contributed by atoms with Gasteiger partial charge < -0.3 is 18.9 Å². The lowest BCUT2D eigenvalue weighted by Gasteiger charge is -2.29. The Morgan fingerprint density at radius 1 is 1.06 bits per heavy atom. The van der Waals surface area contributed by atoms with Gasteiger partial charge in [-0.3, -0.25) is 9.59 Å². The van der Waals surface area contributed by atoms with Crippen molar-refractivity contribution in [3.63, 3.8) is 0 Å². The van der Waals surface area contributed by atoms with E-state index in [9.17, 15) is 18.8 Å². The van der Waals surface area contributed by atoms with Gasteiger partial charge in [0.1, 0.15) is 17.3 Å². The fourth-order valence-electron chi connectivity index (χ4n) is 4.06. The van der Waals surface area contributed by atoms with Gasteiger partial charge in [-0.05, 0) is 68.3 Å². The molecule has 1 heterocycles. The molecule has 0 aliphatic heterocycles. The fraction of sp³-hybridized carbons (Fsp3) is 0.296. The molecule has 7 nitrogen and oxygen atoms in total. The second kappa shape index (κ2) is 11.4. The summed E-state index contributed by atoms with van der Waals surface area (Å²) in [5.41, 5.74) is 2.32. The van der Waals surface area contributed by atoms with Crippen molar-refractivity contribution in [2.24, 2.45) is 7.05 Å². The van der Waals surface area contributed by atoms with Gasteiger partial charge in [-0.1, -0.05) is 23.7 Å². The molecule has 2 aromatic carbocycles. The highest BCUT2D eigenvalue weighted by Gasteiger charge is 2.32. The first kappa shape index (κ1) is 26.9. The van der Waals surface area contributed by atoms with Crippen molar-refractivity contribution in [2.75, 3.05) is 13.7 Å². The number of benzene rings is 2. The van der Waals surface area contributed by atoms with Crippen molar-refractivity contribution in [3.05, 3.63) is 87.4 Å². The van der Waals surface area contributed by atoms with Gasteiger partial charge in [-0.15, -0.1) is 0 Å². The Kier molecular flexibility index (Phi) is 8.53. The lowest BCUT2D eigenvalue weighted by atomic mass is 9.99. The second-order valence-corrected chi connectivity index (χ2v) is 8.85. The molecule has 3 rings (SSSR count). The third-order valence-corrected chi connectivity index (χ3v) is 6.42. The number of esters is 1. The molecule has 190 valence electrons. The van der Waals surface area contributed by atoms with Gasteiger partial charge in [0.15, 0.2) is 12.4 Å². The Morgan fingerprint density at radius 2 is 1.67 bits per heavy atom. The third kappa shape index (κ3) is 5.76. The van der Waals surface area contributed by atoms with E-state index in [0.717, 1.165) is 0 Å². The van der Waals surface area contributed by atoms with Crippen molar-refractivity contribution in [1.82, 2.24) is 9.47 Å². The monoisotopic (exact) mass is 514 g/mol. The fourth-order valence-corrected chi connectivity index (χ4v) is 4.19. The van der Waals surface area contributed by atoms with E-state index in [1.165, 1.54) is 24.1 Å². The van der Waals surface area contributed by atoms with Crippen LogP contribution in [-0.4, -0.2) is 46.9 Å². The van der Waals surface area contributed by atoms with Crippen LogP contribution in [-0.2, 0) is 23.1 Å². The Hall–Kier alpha value is -3.65. The average Bonchev–Trinajstić information content (AvgIpc) is 3.09. The summed E-state index contributed by atoms with van der Waals surface area (Å²) in [4.78, 5) is 40.7. The molecule has 0 spiro atoms. The minimum Gasteiger partial charge on any atom is -0.484 e. The number of aromatic nitrogens is 1. The smallest absolute Gasteiger partial charge is 0.354 e. The zero-order valence-corrected chi connectivity index (χ0v) is 21.6. The minimum absolute atomic E-state index is 0.0603. The molecule has 0 aliphatic rings. The number of amides is 1. The summed E-state index contributed by atoms with van der Waals surface area (Å²) in [6.45, 7) is 4.77. The van der Waals surface area contributed by atoms with Crippen molar-refractivity contribution in [2.45, 2.75) is 33.4 Å². The molecule has 1 atom stereocenters. The van der Waals surface area contributed by atoms with E-state index >= 15 is 0 Å². The Labute approximate surface area is 214 Å². The van der Waals surface area contributed by atoms with Crippen molar-refractivity contribution in [1.29, 1.82) is 0 Å². The quantitative estimate of drug-likeness (QED) is 0.300. The normalized spacial score (nSPS) is 11.6. The lowest BCUT2D eigenvalue weighted by Crippen LogP contribution is -2.45. The van der Waals surface area contributed by atoms with Crippen LogP contribution in [0.5, 0.6) is 5.75 Å². The number of carbonyl (C=O) groups excluding carboxylic acids is 3. The SMILES string of the molecule is COC(=O)c1c(C)c(C(=O)C(C)N(Cc2ccc(F)cc2)C(=O)COc2ccc(Cl)cc2)c(C)n1C. The maximum atomic E-state index is 13.7. The molecule has 0 aliphatic carbocycles. The molecule has 1 unspecified atom stereocenters. The zero-order chi connectivity index (χ0) is 26.6. The highest BCUT2D eigenvalue weighted by molar-refractivity contribution is 6.30. The van der Waals surface area contributed by atoms with Crippen LogP contribution in [0, 0.1) is 19.7 Å². The van der Waals surface area contributed by atoms with Crippen LogP contribution in [0.15, 0.2) is 48.5 Å². The molecular weight excluding hydrogens is 487 g/mol. The molecule has 9 heteroatoms. The van der Waals surface area contributed by atoms with Gasteiger partial charge in [0.25, 0.3) is 5.91 Å². The predicted octanol–water partition coefficient (Wildman–Crippen LogP) is 4.90. The number of ketones is 1. The summed E-state index contributed by atoms with van der Waals surface area (Å²) in [7, 11) is 2.95. The summed E-state index contributed by atoms with van der Waals surface area (Å²) >= 11 is 5.90. The number of ether oxygens (including phenoxy) is 2. The van der Waals surface area contributed by atoms with Gasteiger partial charge in [0.05, 0.1) is 13.2 Å². The summed E-state index contributed by atoms with van der Waals surface area (Å²) in [5, 5.41) is 0.533. The van der Waals surface area contributed by atoms with Crippen LogP contribution in [0.4, 0.5) is 4.39 Å². The molecular formula is C27H28ClFN2O5. The number of Topliss-reactive ketones (excluding diaryl/α,β-unsaturated/α-hetero) is 1. The molecule has 0 N–H and O–H groups in total. The van der Waals surface area contributed by atoms with Crippen molar-refractivity contribution >= 4 is 29.3 Å². The average molecular weight is 515 g/mol. The maximum Gasteiger partial charge on any atom is 0.354 e. The summed E-state index contributed by atoms with van der Waals surface area (Å²) in [6, 6.07) is 11.4. The largest absolute Gasteiger partial charge is 0.484 e. The number of nitrogens with zero attached hydrogens (tertiary/aromatic N) is 2. The molecule has 0 bridgehead atoms. The number of rotatable bonds is 9. The molecule has 0 saturated carbocycles. The van der Waals surface area contributed by atoms with E-state index < -0.39 is 23.7 Å². The Morgan fingerprint density at radius 3 is 2.25 bits per heavy atom. The highest BCUT2D eigenvalue weighted by atomic mass is 35.5. The van der Waals surface area contributed by atoms with Gasteiger partial charge >= 0.3 is 5.97 Å². The molecule has 0 saturated heterocycles. The van der Waals surface area contributed by atoms with Crippen LogP contribution in [0.1, 0.15) is 44.6 Å². The summed E-state index contributed by atoms with van der Waals surface area (Å²) < 4.78 is 25.6. The van der Waals surface area contributed by atoms with Gasteiger partial charge in [-0.2, -0.15) is 0 Å². The Bertz CT molecular complexity index is 1270. The van der Waals surface area contributed by atoms with E-state index in [1.54, 1.807) is 68.8 Å². The molecule has 0 radical (unpaired) electrons. The topological polar surface area (TPSA) is 77.8 Å². The van der Waals surface area contributed by atoms with Crippen LogP contribution in [0.2, 0.25) is 5.02 Å². The van der Waals surface area contributed by atoms with Crippen LogP contribution < -0.4 is 4.74 Å². The molecule has 1 amide bonds. The van der Waals surface area contributed by atoms with E-state index in [4.69, 9.17) is 21.1 Å². The number of carbonyl (C=O) groups is 3. The molecule has 36 heavy (non-hydrogen) atoms. The number of hydrogen-bond acceptors (Lipinski definition) is 5. The maximum absolute atomic E-state index is 13.7. The van der Waals surface area contributed by atoms with Gasteiger partial charge in [0.2, 0.25) is 0 Å². The van der Waals surface area contributed by atoms with E-state index in [2.05, 4.69) is 0 Å². The van der Waals surface area contributed by atoms with Crippen LogP contribution in [0.25, 0.3) is 0 Å². The van der Waals surface area contributed by atoms with E-state index in [1.807, 2.05) is 0 Å². The van der Waals surface area contributed by atoms with E-state index in [0.29, 0.717) is 33.2 Å². The van der Waals surface area contributed by atoms with E-state index in [-0.39, 0.29) is 24.6 Å². The van der Waals surface area contributed by atoms with Crippen LogP contribution >= 0.6 is 11.6 Å². The minimum atomic E-state index is -0.901. The van der Waals surface area contributed by atoms with Crippen LogP contribution in [0.3, 0.4) is 0 Å². The van der Waals surface area contributed by atoms with Gasteiger partial charge in [-0.25, -0.2) is 9.18 Å². The van der Waals surface area contributed by atoms with Crippen molar-refractivity contribution < 1.29 is 28.2 Å². The predicted molar refractivity (Wildman–Crippen MR) is 134 cm³/mol. The lowest BCUT2D eigenvalue weighted by molar-refractivity contribution is -0.135. The van der Waals surface area contributed by atoms with Crippen molar-refractivity contribution in [3.8, 4) is 5.75 Å². The zero-order valence-electron chi connectivity index (χ0n) is 20.8. The second-order valence-electron chi connectivity index (χ2n) is 8.42. The van der Waals surface area contributed by atoms with Gasteiger partial charge in [0, 0.05) is 29.9 Å².